The Morgan fingerprint density at radius 1 is 1.14 bits per heavy atom. The zero-order valence-electron chi connectivity index (χ0n) is 11.8. The van der Waals surface area contributed by atoms with Crippen LogP contribution in [0.25, 0.3) is 16.9 Å². The number of nitrogens with zero attached hydrogens (tertiary/aromatic N) is 3. The average Bonchev–Trinajstić information content (AvgIpc) is 2.86. The molecule has 0 amide bonds. The summed E-state index contributed by atoms with van der Waals surface area (Å²) in [6.07, 6.45) is -1.65. The van der Waals surface area contributed by atoms with Crippen LogP contribution in [0.5, 0.6) is 0 Å². The van der Waals surface area contributed by atoms with Gasteiger partial charge in [0, 0.05) is 11.6 Å². The van der Waals surface area contributed by atoms with Crippen LogP contribution >= 0.6 is 0 Å². The van der Waals surface area contributed by atoms with E-state index in [9.17, 15) is 8.78 Å². The van der Waals surface area contributed by atoms with E-state index in [-0.39, 0.29) is 5.69 Å². The van der Waals surface area contributed by atoms with Crippen LogP contribution in [-0.4, -0.2) is 14.6 Å². The monoisotopic (exact) mass is 287 g/mol. The molecule has 0 fully saturated rings. The molecule has 0 aliphatic rings. The standard InChI is InChI=1S/C16H15F2N3/c1-3-11-4-6-12(7-5-11)13-9-14(16(17)18)21-15(19-13)8-10(2)20-21/h4-9,16H,3H2,1-2H3. The quantitative estimate of drug-likeness (QED) is 0.722. The first-order valence-electron chi connectivity index (χ1n) is 6.83. The highest BCUT2D eigenvalue weighted by atomic mass is 19.3. The van der Waals surface area contributed by atoms with Gasteiger partial charge in [-0.3, -0.25) is 0 Å². The van der Waals surface area contributed by atoms with E-state index in [1.807, 2.05) is 24.3 Å². The Bertz CT molecular complexity index is 776. The van der Waals surface area contributed by atoms with Crippen LogP contribution < -0.4 is 0 Å². The predicted octanol–water partition coefficient (Wildman–Crippen LogP) is 4.20. The second-order valence-electron chi connectivity index (χ2n) is 4.97. The molecule has 0 saturated heterocycles. The first-order chi connectivity index (χ1) is 10.1. The number of hydrogen-bond donors (Lipinski definition) is 0. The summed E-state index contributed by atoms with van der Waals surface area (Å²) >= 11 is 0. The van der Waals surface area contributed by atoms with Crippen molar-refractivity contribution in [2.24, 2.45) is 0 Å². The molecule has 0 unspecified atom stereocenters. The summed E-state index contributed by atoms with van der Waals surface area (Å²) in [4.78, 5) is 4.43. The maximum Gasteiger partial charge on any atom is 0.280 e. The highest BCUT2D eigenvalue weighted by Crippen LogP contribution is 2.26. The minimum absolute atomic E-state index is 0.136. The molecule has 21 heavy (non-hydrogen) atoms. The number of rotatable bonds is 3. The minimum Gasteiger partial charge on any atom is -0.229 e. The fraction of sp³-hybridized carbons (Fsp3) is 0.250. The van der Waals surface area contributed by atoms with Gasteiger partial charge in [-0.15, -0.1) is 0 Å². The summed E-state index contributed by atoms with van der Waals surface area (Å²) in [5.41, 5.74) is 3.55. The first kappa shape index (κ1) is 13.7. The van der Waals surface area contributed by atoms with Crippen molar-refractivity contribution in [3.05, 3.63) is 53.3 Å². The highest BCUT2D eigenvalue weighted by Gasteiger charge is 2.16. The largest absolute Gasteiger partial charge is 0.280 e. The molecule has 0 saturated carbocycles. The molecular weight excluding hydrogens is 272 g/mol. The second-order valence-corrected chi connectivity index (χ2v) is 4.97. The number of fused-ring (bicyclic) bond motifs is 1. The Morgan fingerprint density at radius 2 is 1.86 bits per heavy atom. The van der Waals surface area contributed by atoms with E-state index in [2.05, 4.69) is 17.0 Å². The molecule has 108 valence electrons. The van der Waals surface area contributed by atoms with Crippen molar-refractivity contribution in [2.75, 3.05) is 0 Å². The number of benzene rings is 1. The lowest BCUT2D eigenvalue weighted by atomic mass is 10.1. The lowest BCUT2D eigenvalue weighted by Crippen LogP contribution is -2.02. The maximum atomic E-state index is 13.2. The molecule has 3 rings (SSSR count). The van der Waals surface area contributed by atoms with Gasteiger partial charge in [0.05, 0.1) is 11.4 Å². The summed E-state index contributed by atoms with van der Waals surface area (Å²) in [5, 5.41) is 4.07. The number of alkyl halides is 2. The highest BCUT2D eigenvalue weighted by molar-refractivity contribution is 5.63. The van der Waals surface area contributed by atoms with Crippen molar-refractivity contribution in [3.63, 3.8) is 0 Å². The van der Waals surface area contributed by atoms with Crippen LogP contribution in [-0.2, 0) is 6.42 Å². The van der Waals surface area contributed by atoms with Crippen LogP contribution in [0, 0.1) is 6.92 Å². The van der Waals surface area contributed by atoms with Gasteiger partial charge >= 0.3 is 0 Å². The van der Waals surface area contributed by atoms with Crippen molar-refractivity contribution in [1.29, 1.82) is 0 Å². The van der Waals surface area contributed by atoms with Gasteiger partial charge in [0.15, 0.2) is 5.65 Å². The third-order valence-corrected chi connectivity index (χ3v) is 3.46. The molecule has 0 spiro atoms. The molecular formula is C16H15F2N3. The molecule has 3 nitrogen and oxygen atoms in total. The van der Waals surface area contributed by atoms with Gasteiger partial charge in [-0.2, -0.15) is 5.10 Å². The van der Waals surface area contributed by atoms with Crippen LogP contribution in [0.1, 0.15) is 30.3 Å². The molecule has 0 radical (unpaired) electrons. The molecule has 0 bridgehead atoms. The van der Waals surface area contributed by atoms with Crippen molar-refractivity contribution < 1.29 is 8.78 Å². The van der Waals surface area contributed by atoms with E-state index in [0.717, 1.165) is 12.0 Å². The van der Waals surface area contributed by atoms with E-state index in [1.54, 1.807) is 13.0 Å². The molecule has 1 aromatic carbocycles. The van der Waals surface area contributed by atoms with E-state index >= 15 is 0 Å². The number of halogens is 2. The predicted molar refractivity (Wildman–Crippen MR) is 77.5 cm³/mol. The fourth-order valence-electron chi connectivity index (χ4n) is 2.33. The van der Waals surface area contributed by atoms with Gasteiger partial charge in [-0.25, -0.2) is 18.3 Å². The Balaban J connectivity index is 2.17. The SMILES string of the molecule is CCc1ccc(-c2cc(C(F)F)n3nc(C)cc3n2)cc1. The number of aryl methyl sites for hydroxylation is 2. The van der Waals surface area contributed by atoms with Crippen LogP contribution in [0.15, 0.2) is 36.4 Å². The summed E-state index contributed by atoms with van der Waals surface area (Å²) in [7, 11) is 0. The topological polar surface area (TPSA) is 30.2 Å². The Labute approximate surface area is 121 Å². The fourth-order valence-corrected chi connectivity index (χ4v) is 2.33. The van der Waals surface area contributed by atoms with E-state index < -0.39 is 6.43 Å². The lowest BCUT2D eigenvalue weighted by Gasteiger charge is -2.08. The Hall–Kier alpha value is -2.30. The normalized spacial score (nSPS) is 11.5. The smallest absolute Gasteiger partial charge is 0.229 e. The lowest BCUT2D eigenvalue weighted by molar-refractivity contribution is 0.143. The van der Waals surface area contributed by atoms with Crippen LogP contribution in [0.2, 0.25) is 0 Å². The van der Waals surface area contributed by atoms with Gasteiger partial charge in [0.25, 0.3) is 6.43 Å². The molecule has 5 heteroatoms. The third kappa shape index (κ3) is 2.51. The molecule has 2 heterocycles. The van der Waals surface area contributed by atoms with Gasteiger partial charge in [0.1, 0.15) is 5.69 Å². The van der Waals surface area contributed by atoms with Gasteiger partial charge < -0.3 is 0 Å². The molecule has 3 aromatic rings. The Kier molecular flexibility index (Phi) is 3.41. The summed E-state index contributed by atoms with van der Waals surface area (Å²) < 4.78 is 27.7. The van der Waals surface area contributed by atoms with Crippen LogP contribution in [0.4, 0.5) is 8.78 Å². The molecule has 0 N–H and O–H groups in total. The zero-order chi connectivity index (χ0) is 15.0. The van der Waals surface area contributed by atoms with Crippen LogP contribution in [0.3, 0.4) is 0 Å². The third-order valence-electron chi connectivity index (χ3n) is 3.46. The first-order valence-corrected chi connectivity index (χ1v) is 6.83. The number of hydrogen-bond acceptors (Lipinski definition) is 2. The summed E-state index contributed by atoms with van der Waals surface area (Å²) in [6.45, 7) is 3.84. The van der Waals surface area contributed by atoms with Crippen molar-refractivity contribution >= 4 is 5.65 Å². The van der Waals surface area contributed by atoms with E-state index in [4.69, 9.17) is 0 Å². The average molecular weight is 287 g/mol. The van der Waals surface area contributed by atoms with Gasteiger partial charge in [0.2, 0.25) is 0 Å². The van der Waals surface area contributed by atoms with Gasteiger partial charge in [-0.1, -0.05) is 31.2 Å². The maximum absolute atomic E-state index is 13.2. The molecule has 0 aliphatic heterocycles. The van der Waals surface area contributed by atoms with Crippen molar-refractivity contribution in [3.8, 4) is 11.3 Å². The molecule has 0 atom stereocenters. The summed E-state index contributed by atoms with van der Waals surface area (Å²) in [6, 6.07) is 10.9. The van der Waals surface area contributed by atoms with E-state index in [0.29, 0.717) is 17.0 Å². The van der Waals surface area contributed by atoms with Gasteiger partial charge in [-0.05, 0) is 25.0 Å². The Morgan fingerprint density at radius 3 is 2.48 bits per heavy atom. The van der Waals surface area contributed by atoms with Crippen molar-refractivity contribution in [2.45, 2.75) is 26.7 Å². The van der Waals surface area contributed by atoms with Crippen molar-refractivity contribution in [1.82, 2.24) is 14.6 Å². The zero-order valence-corrected chi connectivity index (χ0v) is 11.8. The minimum atomic E-state index is -2.59. The second kappa shape index (κ2) is 5.24. The molecule has 0 aliphatic carbocycles. The van der Waals surface area contributed by atoms with E-state index in [1.165, 1.54) is 16.1 Å². The molecule has 2 aromatic heterocycles. The summed E-state index contributed by atoms with van der Waals surface area (Å²) in [5.74, 6) is 0. The number of aromatic nitrogens is 3.